The molecule has 0 radical (unpaired) electrons. The van der Waals surface area contributed by atoms with Crippen LogP contribution in [0.3, 0.4) is 0 Å². The van der Waals surface area contributed by atoms with Crippen LogP contribution in [-0.4, -0.2) is 17.3 Å². The van der Waals surface area contributed by atoms with E-state index in [2.05, 4.69) is 5.32 Å². The van der Waals surface area contributed by atoms with Crippen molar-refractivity contribution in [2.24, 2.45) is 5.92 Å². The lowest BCUT2D eigenvalue weighted by molar-refractivity contribution is -0.126. The van der Waals surface area contributed by atoms with Crippen LogP contribution >= 0.6 is 11.6 Å². The number of amides is 1. The summed E-state index contributed by atoms with van der Waals surface area (Å²) < 4.78 is 0. The molecule has 0 aromatic rings. The van der Waals surface area contributed by atoms with E-state index in [9.17, 15) is 4.79 Å². The molecule has 2 nitrogen and oxygen atoms in total. The standard InChI is InChI=1S/C13H22ClNO/c14-10-13(8-4-1-5-9-13)15-12(16)11-6-2-3-7-11/h11H,1-10H2,(H,15,16). The van der Waals surface area contributed by atoms with E-state index in [0.29, 0.717) is 5.88 Å². The number of carbonyl (C=O) groups excluding carboxylic acids is 1. The summed E-state index contributed by atoms with van der Waals surface area (Å²) in [7, 11) is 0. The van der Waals surface area contributed by atoms with Gasteiger partial charge in [-0.2, -0.15) is 0 Å². The van der Waals surface area contributed by atoms with Crippen molar-refractivity contribution in [2.45, 2.75) is 63.3 Å². The zero-order valence-electron chi connectivity index (χ0n) is 9.93. The predicted molar refractivity (Wildman–Crippen MR) is 66.6 cm³/mol. The Balaban J connectivity index is 1.91. The highest BCUT2D eigenvalue weighted by Crippen LogP contribution is 2.31. The average Bonchev–Trinajstić information content (AvgIpc) is 2.84. The zero-order valence-corrected chi connectivity index (χ0v) is 10.7. The minimum atomic E-state index is -0.0839. The van der Waals surface area contributed by atoms with Crippen molar-refractivity contribution >= 4 is 17.5 Å². The molecular formula is C13H22ClNO. The molecule has 2 fully saturated rings. The zero-order chi connectivity index (χ0) is 11.4. The molecular weight excluding hydrogens is 222 g/mol. The van der Waals surface area contributed by atoms with Crippen LogP contribution in [0, 0.1) is 5.92 Å². The van der Waals surface area contributed by atoms with Gasteiger partial charge >= 0.3 is 0 Å². The fraction of sp³-hybridized carbons (Fsp3) is 0.923. The molecule has 2 aliphatic rings. The maximum absolute atomic E-state index is 12.1. The highest BCUT2D eigenvalue weighted by atomic mass is 35.5. The molecule has 0 heterocycles. The van der Waals surface area contributed by atoms with E-state index in [1.807, 2.05) is 0 Å². The summed E-state index contributed by atoms with van der Waals surface area (Å²) in [4.78, 5) is 12.1. The third kappa shape index (κ3) is 2.71. The van der Waals surface area contributed by atoms with Crippen LogP contribution < -0.4 is 5.32 Å². The molecule has 1 amide bonds. The molecule has 0 bridgehead atoms. The summed E-state index contributed by atoms with van der Waals surface area (Å²) in [6, 6.07) is 0. The van der Waals surface area contributed by atoms with E-state index < -0.39 is 0 Å². The first-order chi connectivity index (χ1) is 7.76. The lowest BCUT2D eigenvalue weighted by atomic mass is 9.82. The summed E-state index contributed by atoms with van der Waals surface area (Å²) in [5.74, 6) is 1.10. The van der Waals surface area contributed by atoms with Crippen molar-refractivity contribution in [3.63, 3.8) is 0 Å². The molecule has 16 heavy (non-hydrogen) atoms. The van der Waals surface area contributed by atoms with Gasteiger partial charge in [-0.1, -0.05) is 32.1 Å². The third-order valence-corrected chi connectivity index (χ3v) is 4.69. The Morgan fingerprint density at radius 2 is 1.75 bits per heavy atom. The van der Waals surface area contributed by atoms with Crippen LogP contribution in [0.1, 0.15) is 57.8 Å². The fourth-order valence-corrected chi connectivity index (χ4v) is 3.41. The van der Waals surface area contributed by atoms with Gasteiger partial charge in [-0.3, -0.25) is 4.79 Å². The van der Waals surface area contributed by atoms with Crippen LogP contribution in [0.4, 0.5) is 0 Å². The lowest BCUT2D eigenvalue weighted by Crippen LogP contribution is -2.52. The van der Waals surface area contributed by atoms with Crippen LogP contribution in [0.25, 0.3) is 0 Å². The third-order valence-electron chi connectivity index (χ3n) is 4.18. The Bertz CT molecular complexity index is 242. The van der Waals surface area contributed by atoms with Gasteiger partial charge in [0.05, 0.1) is 5.54 Å². The average molecular weight is 244 g/mol. The van der Waals surface area contributed by atoms with E-state index >= 15 is 0 Å². The van der Waals surface area contributed by atoms with Crippen molar-refractivity contribution in [3.05, 3.63) is 0 Å². The van der Waals surface area contributed by atoms with Gasteiger partial charge in [0.1, 0.15) is 0 Å². The van der Waals surface area contributed by atoms with Crippen molar-refractivity contribution in [1.29, 1.82) is 0 Å². The van der Waals surface area contributed by atoms with Gasteiger partial charge in [-0.25, -0.2) is 0 Å². The molecule has 0 aromatic heterocycles. The van der Waals surface area contributed by atoms with Crippen LogP contribution in [-0.2, 0) is 4.79 Å². The number of hydrogen-bond acceptors (Lipinski definition) is 1. The molecule has 0 unspecified atom stereocenters. The molecule has 2 aliphatic carbocycles. The first kappa shape index (κ1) is 12.2. The quantitative estimate of drug-likeness (QED) is 0.758. The van der Waals surface area contributed by atoms with Gasteiger partial charge in [0.25, 0.3) is 0 Å². The summed E-state index contributed by atoms with van der Waals surface area (Å²) in [6.07, 6.45) is 10.4. The van der Waals surface area contributed by atoms with Crippen molar-refractivity contribution in [1.82, 2.24) is 5.32 Å². The second-order valence-electron chi connectivity index (χ2n) is 5.45. The van der Waals surface area contributed by atoms with Crippen molar-refractivity contribution in [2.75, 3.05) is 5.88 Å². The van der Waals surface area contributed by atoms with E-state index in [1.165, 1.54) is 32.1 Å². The number of alkyl halides is 1. The maximum atomic E-state index is 12.1. The predicted octanol–water partition coefficient (Wildman–Crippen LogP) is 3.23. The molecule has 92 valence electrons. The van der Waals surface area contributed by atoms with Gasteiger partial charge in [0.15, 0.2) is 0 Å². The highest BCUT2D eigenvalue weighted by molar-refractivity contribution is 6.18. The minimum absolute atomic E-state index is 0.0839. The van der Waals surface area contributed by atoms with Gasteiger partial charge < -0.3 is 5.32 Å². The summed E-state index contributed by atoms with van der Waals surface area (Å²) in [5.41, 5.74) is -0.0839. The Morgan fingerprint density at radius 1 is 1.12 bits per heavy atom. The van der Waals surface area contributed by atoms with Crippen LogP contribution in [0.15, 0.2) is 0 Å². The molecule has 2 rings (SSSR count). The van der Waals surface area contributed by atoms with Gasteiger partial charge in [0.2, 0.25) is 5.91 Å². The second-order valence-corrected chi connectivity index (χ2v) is 5.71. The SMILES string of the molecule is O=C(NC1(CCl)CCCCC1)C1CCCC1. The first-order valence-corrected chi connectivity index (χ1v) is 7.17. The summed E-state index contributed by atoms with van der Waals surface area (Å²) >= 11 is 6.07. The molecule has 3 heteroatoms. The number of carbonyl (C=O) groups is 1. The minimum Gasteiger partial charge on any atom is -0.349 e. The Kier molecular flexibility index (Phi) is 4.12. The second kappa shape index (κ2) is 5.39. The summed E-state index contributed by atoms with van der Waals surface area (Å²) in [6.45, 7) is 0. The highest BCUT2D eigenvalue weighted by Gasteiger charge is 2.35. The van der Waals surface area contributed by atoms with Crippen LogP contribution in [0.5, 0.6) is 0 Å². The molecule has 2 saturated carbocycles. The monoisotopic (exact) mass is 243 g/mol. The van der Waals surface area contributed by atoms with Gasteiger partial charge in [-0.05, 0) is 25.7 Å². The summed E-state index contributed by atoms with van der Waals surface area (Å²) in [5, 5.41) is 3.25. The van der Waals surface area contributed by atoms with Crippen LogP contribution in [0.2, 0.25) is 0 Å². The topological polar surface area (TPSA) is 29.1 Å². The normalized spacial score (nSPS) is 25.6. The van der Waals surface area contributed by atoms with E-state index in [4.69, 9.17) is 11.6 Å². The molecule has 0 spiro atoms. The smallest absolute Gasteiger partial charge is 0.223 e. The Labute approximate surface area is 103 Å². The Morgan fingerprint density at radius 3 is 2.31 bits per heavy atom. The first-order valence-electron chi connectivity index (χ1n) is 6.64. The van der Waals surface area contributed by atoms with E-state index in [-0.39, 0.29) is 17.4 Å². The fourth-order valence-electron chi connectivity index (χ4n) is 3.07. The van der Waals surface area contributed by atoms with E-state index in [1.54, 1.807) is 0 Å². The maximum Gasteiger partial charge on any atom is 0.223 e. The Hall–Kier alpha value is -0.240. The van der Waals surface area contributed by atoms with E-state index in [0.717, 1.165) is 25.7 Å². The lowest BCUT2D eigenvalue weighted by Gasteiger charge is -2.37. The van der Waals surface area contributed by atoms with Gasteiger partial charge in [0, 0.05) is 11.8 Å². The van der Waals surface area contributed by atoms with Crippen molar-refractivity contribution < 1.29 is 4.79 Å². The molecule has 0 atom stereocenters. The molecule has 0 saturated heterocycles. The molecule has 0 aromatic carbocycles. The molecule has 1 N–H and O–H groups in total. The van der Waals surface area contributed by atoms with Gasteiger partial charge in [-0.15, -0.1) is 11.6 Å². The largest absolute Gasteiger partial charge is 0.349 e. The molecule has 0 aliphatic heterocycles. The number of hydrogen-bond donors (Lipinski definition) is 1. The number of halogens is 1. The number of rotatable bonds is 3. The van der Waals surface area contributed by atoms with Crippen molar-refractivity contribution in [3.8, 4) is 0 Å². The number of nitrogens with one attached hydrogen (secondary N) is 1.